The SMILES string of the molecule is NNc1c2c(nc3c1ccc1ccccc13)CCCCC2. The molecule has 3 N–H and O–H groups in total. The van der Waals surface area contributed by atoms with Crippen LogP contribution in [0.1, 0.15) is 30.5 Å². The number of anilines is 1. The van der Waals surface area contributed by atoms with Crippen molar-refractivity contribution in [1.82, 2.24) is 4.98 Å². The molecule has 1 aliphatic carbocycles. The molecule has 3 aromatic rings. The lowest BCUT2D eigenvalue weighted by Gasteiger charge is -2.16. The number of hydrogen-bond acceptors (Lipinski definition) is 3. The molecule has 0 saturated heterocycles. The molecule has 0 aliphatic heterocycles. The van der Waals surface area contributed by atoms with Crippen LogP contribution in [0.5, 0.6) is 0 Å². The molecule has 0 amide bonds. The van der Waals surface area contributed by atoms with Crippen molar-refractivity contribution < 1.29 is 0 Å². The summed E-state index contributed by atoms with van der Waals surface area (Å²) in [5.41, 5.74) is 7.64. The summed E-state index contributed by atoms with van der Waals surface area (Å²) in [4.78, 5) is 5.02. The number of nitrogens with one attached hydrogen (secondary N) is 1. The van der Waals surface area contributed by atoms with E-state index in [-0.39, 0.29) is 0 Å². The Kier molecular flexibility index (Phi) is 3.00. The van der Waals surface area contributed by atoms with Gasteiger partial charge in [-0.1, -0.05) is 42.8 Å². The normalized spacial score (nSPS) is 14.9. The second kappa shape index (κ2) is 5.01. The second-order valence-corrected chi connectivity index (χ2v) is 5.80. The predicted octanol–water partition coefficient (Wildman–Crippen LogP) is 3.94. The van der Waals surface area contributed by atoms with Gasteiger partial charge in [0.25, 0.3) is 0 Å². The standard InChI is InChI=1S/C18H19N3/c19-21-18-14-8-2-1-3-9-16(14)20-17-13-7-5-4-6-12(13)10-11-15(17)18/h4-7,10-11H,1-3,8-9,19H2,(H,20,21). The summed E-state index contributed by atoms with van der Waals surface area (Å²) < 4.78 is 0. The van der Waals surface area contributed by atoms with Gasteiger partial charge in [0.05, 0.1) is 11.2 Å². The second-order valence-electron chi connectivity index (χ2n) is 5.80. The average molecular weight is 277 g/mol. The molecule has 2 aromatic carbocycles. The lowest BCUT2D eigenvalue weighted by molar-refractivity contribution is 0.709. The van der Waals surface area contributed by atoms with E-state index >= 15 is 0 Å². The first-order valence-corrected chi connectivity index (χ1v) is 7.68. The minimum Gasteiger partial charge on any atom is -0.323 e. The van der Waals surface area contributed by atoms with Gasteiger partial charge in [-0.05, 0) is 36.6 Å². The molecule has 21 heavy (non-hydrogen) atoms. The molecular formula is C18H19N3. The lowest BCUT2D eigenvalue weighted by Crippen LogP contribution is -2.12. The Bertz CT molecular complexity index is 823. The van der Waals surface area contributed by atoms with E-state index in [1.807, 2.05) is 0 Å². The third-order valence-corrected chi connectivity index (χ3v) is 4.55. The van der Waals surface area contributed by atoms with Gasteiger partial charge in [0.2, 0.25) is 0 Å². The number of pyridine rings is 1. The number of hydrogen-bond donors (Lipinski definition) is 2. The zero-order valence-electron chi connectivity index (χ0n) is 12.0. The number of fused-ring (bicyclic) bond motifs is 4. The third-order valence-electron chi connectivity index (χ3n) is 4.55. The van der Waals surface area contributed by atoms with Crippen molar-refractivity contribution in [1.29, 1.82) is 0 Å². The summed E-state index contributed by atoms with van der Waals surface area (Å²) >= 11 is 0. The Balaban J connectivity index is 2.12. The molecule has 0 fully saturated rings. The van der Waals surface area contributed by atoms with Gasteiger partial charge in [0, 0.05) is 16.5 Å². The molecule has 1 aliphatic rings. The summed E-state index contributed by atoms with van der Waals surface area (Å²) in [5.74, 6) is 5.86. The molecule has 0 saturated carbocycles. The molecule has 106 valence electrons. The Morgan fingerprint density at radius 1 is 0.905 bits per heavy atom. The summed E-state index contributed by atoms with van der Waals surface area (Å²) in [7, 11) is 0. The number of nitrogens with zero attached hydrogens (tertiary/aromatic N) is 1. The van der Waals surface area contributed by atoms with Crippen molar-refractivity contribution in [2.45, 2.75) is 32.1 Å². The van der Waals surface area contributed by atoms with Crippen LogP contribution in [0.3, 0.4) is 0 Å². The van der Waals surface area contributed by atoms with E-state index in [4.69, 9.17) is 10.8 Å². The molecule has 1 heterocycles. The van der Waals surface area contributed by atoms with Gasteiger partial charge in [-0.2, -0.15) is 0 Å². The maximum absolute atomic E-state index is 5.86. The zero-order chi connectivity index (χ0) is 14.2. The van der Waals surface area contributed by atoms with Crippen LogP contribution in [0.15, 0.2) is 36.4 Å². The highest BCUT2D eigenvalue weighted by Crippen LogP contribution is 2.35. The fourth-order valence-corrected chi connectivity index (χ4v) is 3.50. The van der Waals surface area contributed by atoms with Crippen molar-refractivity contribution in [3.8, 4) is 0 Å². The smallest absolute Gasteiger partial charge is 0.0805 e. The van der Waals surface area contributed by atoms with Crippen LogP contribution in [-0.4, -0.2) is 4.98 Å². The van der Waals surface area contributed by atoms with Crippen LogP contribution in [0.25, 0.3) is 21.7 Å². The topological polar surface area (TPSA) is 50.9 Å². The number of nitrogens with two attached hydrogens (primary N) is 1. The van der Waals surface area contributed by atoms with Crippen molar-refractivity contribution in [2.24, 2.45) is 5.84 Å². The molecule has 0 bridgehead atoms. The van der Waals surface area contributed by atoms with Gasteiger partial charge in [-0.3, -0.25) is 10.8 Å². The molecule has 3 nitrogen and oxygen atoms in total. The van der Waals surface area contributed by atoms with Crippen LogP contribution in [0.4, 0.5) is 5.69 Å². The first-order chi connectivity index (χ1) is 10.4. The Hall–Kier alpha value is -2.13. The third kappa shape index (κ3) is 1.96. The van der Waals surface area contributed by atoms with E-state index in [0.717, 1.165) is 29.4 Å². The number of nitrogen functional groups attached to an aromatic ring is 1. The number of aryl methyl sites for hydroxylation is 1. The van der Waals surface area contributed by atoms with E-state index in [2.05, 4.69) is 41.8 Å². The lowest BCUT2D eigenvalue weighted by atomic mass is 9.99. The highest BCUT2D eigenvalue weighted by Gasteiger charge is 2.17. The van der Waals surface area contributed by atoms with Crippen LogP contribution in [0.2, 0.25) is 0 Å². The van der Waals surface area contributed by atoms with E-state index < -0.39 is 0 Å². The quantitative estimate of drug-likeness (QED) is 0.306. The maximum Gasteiger partial charge on any atom is 0.0805 e. The molecular weight excluding hydrogens is 258 g/mol. The van der Waals surface area contributed by atoms with Gasteiger partial charge < -0.3 is 5.43 Å². The molecule has 0 radical (unpaired) electrons. The molecule has 4 rings (SSSR count). The first-order valence-electron chi connectivity index (χ1n) is 7.68. The summed E-state index contributed by atoms with van der Waals surface area (Å²) in [5, 5.41) is 3.57. The van der Waals surface area contributed by atoms with E-state index in [1.54, 1.807) is 0 Å². The Morgan fingerprint density at radius 3 is 2.67 bits per heavy atom. The number of hydrazine groups is 1. The van der Waals surface area contributed by atoms with Crippen LogP contribution < -0.4 is 11.3 Å². The molecule has 0 spiro atoms. The average Bonchev–Trinajstić information content (AvgIpc) is 2.77. The predicted molar refractivity (Wildman–Crippen MR) is 88.3 cm³/mol. The largest absolute Gasteiger partial charge is 0.323 e. The van der Waals surface area contributed by atoms with Crippen molar-refractivity contribution in [2.75, 3.05) is 5.43 Å². The Morgan fingerprint density at radius 2 is 1.76 bits per heavy atom. The van der Waals surface area contributed by atoms with Gasteiger partial charge in [0.1, 0.15) is 0 Å². The van der Waals surface area contributed by atoms with Crippen molar-refractivity contribution in [3.05, 3.63) is 47.7 Å². The van der Waals surface area contributed by atoms with Crippen molar-refractivity contribution >= 4 is 27.4 Å². The maximum atomic E-state index is 5.86. The van der Waals surface area contributed by atoms with Crippen LogP contribution in [-0.2, 0) is 12.8 Å². The monoisotopic (exact) mass is 277 g/mol. The number of aromatic nitrogens is 1. The van der Waals surface area contributed by atoms with Crippen LogP contribution in [0, 0.1) is 0 Å². The fraction of sp³-hybridized carbons (Fsp3) is 0.278. The van der Waals surface area contributed by atoms with E-state index in [1.165, 1.54) is 41.3 Å². The molecule has 3 heteroatoms. The van der Waals surface area contributed by atoms with E-state index in [9.17, 15) is 0 Å². The molecule has 1 aromatic heterocycles. The zero-order valence-corrected chi connectivity index (χ0v) is 12.0. The minimum absolute atomic E-state index is 1.06. The summed E-state index contributed by atoms with van der Waals surface area (Å²) in [6.45, 7) is 0. The van der Waals surface area contributed by atoms with Gasteiger partial charge in [-0.25, -0.2) is 0 Å². The highest BCUT2D eigenvalue weighted by molar-refractivity contribution is 6.09. The number of rotatable bonds is 1. The fourth-order valence-electron chi connectivity index (χ4n) is 3.50. The van der Waals surface area contributed by atoms with E-state index in [0.29, 0.717) is 0 Å². The van der Waals surface area contributed by atoms with Gasteiger partial charge >= 0.3 is 0 Å². The minimum atomic E-state index is 1.06. The van der Waals surface area contributed by atoms with Crippen LogP contribution >= 0.6 is 0 Å². The first kappa shape index (κ1) is 12.6. The summed E-state index contributed by atoms with van der Waals surface area (Å²) in [6.07, 6.45) is 5.86. The molecule has 0 atom stereocenters. The van der Waals surface area contributed by atoms with Crippen molar-refractivity contribution in [3.63, 3.8) is 0 Å². The number of benzene rings is 2. The highest BCUT2D eigenvalue weighted by atomic mass is 15.2. The summed E-state index contributed by atoms with van der Waals surface area (Å²) in [6, 6.07) is 12.7. The molecule has 0 unspecified atom stereocenters. The van der Waals surface area contributed by atoms with Gasteiger partial charge in [0.15, 0.2) is 0 Å². The van der Waals surface area contributed by atoms with Gasteiger partial charge in [-0.15, -0.1) is 0 Å². The Labute approximate surface area is 124 Å².